The van der Waals surface area contributed by atoms with Crippen LogP contribution in [0.25, 0.3) is 0 Å². The second-order valence-corrected chi connectivity index (χ2v) is 8.16. The van der Waals surface area contributed by atoms with Gasteiger partial charge < -0.3 is 15.0 Å². The second kappa shape index (κ2) is 8.01. The van der Waals surface area contributed by atoms with Crippen LogP contribution >= 0.6 is 0 Å². The topological polar surface area (TPSA) is 58.6 Å². The Morgan fingerprint density at radius 2 is 1.85 bits per heavy atom. The van der Waals surface area contributed by atoms with Gasteiger partial charge in [0.1, 0.15) is 0 Å². The number of benzene rings is 1. The molecule has 2 amide bonds. The first kappa shape index (κ1) is 18.5. The van der Waals surface area contributed by atoms with Crippen molar-refractivity contribution < 1.29 is 14.3 Å². The predicted molar refractivity (Wildman–Crippen MR) is 103 cm³/mol. The molecule has 1 aromatic carbocycles. The van der Waals surface area contributed by atoms with Gasteiger partial charge in [-0.1, -0.05) is 43.2 Å². The number of rotatable bonds is 2. The van der Waals surface area contributed by atoms with E-state index in [4.69, 9.17) is 4.74 Å². The number of nitrogens with zero attached hydrogens (tertiary/aromatic N) is 1. The molecule has 5 heteroatoms. The fourth-order valence-corrected chi connectivity index (χ4v) is 4.81. The summed E-state index contributed by atoms with van der Waals surface area (Å²) >= 11 is 0. The quantitative estimate of drug-likeness (QED) is 0.871. The second-order valence-electron chi connectivity index (χ2n) is 8.16. The van der Waals surface area contributed by atoms with Gasteiger partial charge in [-0.2, -0.15) is 0 Å². The average molecular weight is 370 g/mol. The van der Waals surface area contributed by atoms with E-state index in [1.807, 2.05) is 18.2 Å². The van der Waals surface area contributed by atoms with Crippen LogP contribution in [0.2, 0.25) is 0 Å². The van der Waals surface area contributed by atoms with Crippen LogP contribution in [0, 0.1) is 5.92 Å². The molecule has 0 unspecified atom stereocenters. The van der Waals surface area contributed by atoms with E-state index < -0.39 is 0 Å². The lowest BCUT2D eigenvalue weighted by Crippen LogP contribution is -2.53. The number of ether oxygens (including phenoxy) is 1. The van der Waals surface area contributed by atoms with Crippen LogP contribution in [0.15, 0.2) is 30.3 Å². The van der Waals surface area contributed by atoms with Gasteiger partial charge in [0.2, 0.25) is 11.8 Å². The normalized spacial score (nSPS) is 28.4. The molecule has 4 rings (SSSR count). The molecule has 2 aliphatic carbocycles. The molecule has 27 heavy (non-hydrogen) atoms. The number of hydrogen-bond acceptors (Lipinski definition) is 3. The maximum absolute atomic E-state index is 13.7. The monoisotopic (exact) mass is 370 g/mol. The number of carbonyl (C=O) groups is 2. The van der Waals surface area contributed by atoms with Crippen molar-refractivity contribution in [1.29, 1.82) is 0 Å². The van der Waals surface area contributed by atoms with Crippen molar-refractivity contribution in [1.82, 2.24) is 10.2 Å². The van der Waals surface area contributed by atoms with Crippen LogP contribution in [0.4, 0.5) is 0 Å². The van der Waals surface area contributed by atoms with Gasteiger partial charge in [0.15, 0.2) is 0 Å². The summed E-state index contributed by atoms with van der Waals surface area (Å²) < 4.78 is 5.63. The van der Waals surface area contributed by atoms with Crippen molar-refractivity contribution in [3.63, 3.8) is 0 Å². The molecule has 1 aromatic rings. The first-order valence-corrected chi connectivity index (χ1v) is 10.4. The maximum atomic E-state index is 13.7. The fourth-order valence-electron chi connectivity index (χ4n) is 4.81. The van der Waals surface area contributed by atoms with Gasteiger partial charge in [-0.25, -0.2) is 0 Å². The van der Waals surface area contributed by atoms with Gasteiger partial charge in [-0.05, 0) is 37.7 Å². The molecule has 146 valence electrons. The molecule has 2 atom stereocenters. The highest BCUT2D eigenvalue weighted by atomic mass is 16.5. The minimum absolute atomic E-state index is 0.0190. The van der Waals surface area contributed by atoms with E-state index in [1.165, 1.54) is 0 Å². The van der Waals surface area contributed by atoms with E-state index in [9.17, 15) is 9.59 Å². The minimum Gasteiger partial charge on any atom is -0.380 e. The Morgan fingerprint density at radius 1 is 1.07 bits per heavy atom. The highest BCUT2D eigenvalue weighted by Gasteiger charge is 2.54. The largest absolute Gasteiger partial charge is 0.380 e. The summed E-state index contributed by atoms with van der Waals surface area (Å²) in [5.41, 5.74) is 0.748. The van der Waals surface area contributed by atoms with E-state index in [0.717, 1.165) is 50.5 Å². The Morgan fingerprint density at radius 3 is 2.63 bits per heavy atom. The highest BCUT2D eigenvalue weighted by molar-refractivity contribution is 5.92. The van der Waals surface area contributed by atoms with Crippen molar-refractivity contribution in [3.05, 3.63) is 35.9 Å². The molecule has 3 fully saturated rings. The third-order valence-electron chi connectivity index (χ3n) is 6.45. The number of fused-ring (bicyclic) bond motifs is 1. The Kier molecular flexibility index (Phi) is 5.48. The molecule has 3 aliphatic rings. The van der Waals surface area contributed by atoms with Crippen molar-refractivity contribution in [2.24, 2.45) is 5.92 Å². The third-order valence-corrected chi connectivity index (χ3v) is 6.45. The van der Waals surface area contributed by atoms with Crippen LogP contribution in [0.3, 0.4) is 0 Å². The summed E-state index contributed by atoms with van der Waals surface area (Å²) in [6.07, 6.45) is 6.60. The number of amides is 2. The lowest BCUT2D eigenvalue weighted by atomic mass is 9.81. The lowest BCUT2D eigenvalue weighted by Gasteiger charge is -2.41. The Balaban J connectivity index is 1.62. The van der Waals surface area contributed by atoms with Crippen LogP contribution < -0.4 is 5.32 Å². The molecule has 1 heterocycles. The molecule has 0 aromatic heterocycles. The zero-order valence-electron chi connectivity index (χ0n) is 16.0. The average Bonchev–Trinajstić information content (AvgIpc) is 3.52. The molecule has 0 radical (unpaired) electrons. The summed E-state index contributed by atoms with van der Waals surface area (Å²) in [6, 6.07) is 10.2. The van der Waals surface area contributed by atoms with Crippen LogP contribution in [0.1, 0.15) is 50.5 Å². The molecular formula is C22H30N2O3. The molecule has 2 saturated carbocycles. The molecule has 5 nitrogen and oxygen atoms in total. The van der Waals surface area contributed by atoms with Crippen molar-refractivity contribution in [2.45, 2.75) is 56.4 Å². The third kappa shape index (κ3) is 3.75. The van der Waals surface area contributed by atoms with Gasteiger partial charge in [0.25, 0.3) is 0 Å². The Bertz CT molecular complexity index is 671. The van der Waals surface area contributed by atoms with Crippen LogP contribution in [0.5, 0.6) is 0 Å². The van der Waals surface area contributed by atoms with E-state index in [1.54, 1.807) is 0 Å². The fraction of sp³-hybridized carbons (Fsp3) is 0.636. The summed E-state index contributed by atoms with van der Waals surface area (Å²) in [5, 5.41) is 3.02. The Labute approximate surface area is 161 Å². The summed E-state index contributed by atoms with van der Waals surface area (Å²) in [6.45, 7) is 2.42. The maximum Gasteiger partial charge on any atom is 0.233 e. The van der Waals surface area contributed by atoms with Gasteiger partial charge in [-0.15, -0.1) is 0 Å². The van der Waals surface area contributed by atoms with E-state index in [-0.39, 0.29) is 29.2 Å². The molecular weight excluding hydrogens is 340 g/mol. The van der Waals surface area contributed by atoms with E-state index in [0.29, 0.717) is 26.3 Å². The van der Waals surface area contributed by atoms with Crippen molar-refractivity contribution in [2.75, 3.05) is 26.3 Å². The number of nitrogens with one attached hydrogen (secondary N) is 1. The lowest BCUT2D eigenvalue weighted by molar-refractivity contribution is -0.141. The summed E-state index contributed by atoms with van der Waals surface area (Å²) in [4.78, 5) is 28.6. The zero-order chi connectivity index (χ0) is 18.7. The van der Waals surface area contributed by atoms with Gasteiger partial charge in [-0.3, -0.25) is 9.59 Å². The summed E-state index contributed by atoms with van der Waals surface area (Å²) in [5.74, 6) is 0.220. The molecule has 1 saturated heterocycles. The molecule has 1 N–H and O–H groups in total. The van der Waals surface area contributed by atoms with Gasteiger partial charge >= 0.3 is 0 Å². The molecule has 0 bridgehead atoms. The zero-order valence-corrected chi connectivity index (χ0v) is 16.0. The van der Waals surface area contributed by atoms with Crippen molar-refractivity contribution >= 4 is 11.8 Å². The minimum atomic E-state index is -0.374. The van der Waals surface area contributed by atoms with E-state index in [2.05, 4.69) is 22.3 Å². The standard InChI is InChI=1S/C22H30N2O3/c25-20-18-9-4-5-10-19(18)24(14-6-15-27-16-13-23-20)21(26)22(11-12-22)17-7-2-1-3-8-17/h1-3,7-8,18-19H,4-6,9-16H2,(H,23,25)/t18-,19+/m1/s1. The number of carbonyl (C=O) groups excluding carboxylic acids is 2. The van der Waals surface area contributed by atoms with Crippen molar-refractivity contribution in [3.8, 4) is 0 Å². The number of hydrogen-bond donors (Lipinski definition) is 1. The summed E-state index contributed by atoms with van der Waals surface area (Å²) in [7, 11) is 0. The van der Waals surface area contributed by atoms with Crippen LogP contribution in [-0.4, -0.2) is 49.1 Å². The smallest absolute Gasteiger partial charge is 0.233 e. The first-order valence-electron chi connectivity index (χ1n) is 10.4. The molecule has 1 aliphatic heterocycles. The van der Waals surface area contributed by atoms with Gasteiger partial charge in [0, 0.05) is 25.7 Å². The first-order chi connectivity index (χ1) is 13.2. The Hall–Kier alpha value is -1.88. The van der Waals surface area contributed by atoms with Crippen LogP contribution in [-0.2, 0) is 19.7 Å². The predicted octanol–water partition coefficient (Wildman–Crippen LogP) is 2.64. The van der Waals surface area contributed by atoms with E-state index >= 15 is 0 Å². The SMILES string of the molecule is O=C1NCCOCCCN(C(=O)C2(c3ccccc3)CC2)[C@H]2CCCC[C@@H]12. The highest BCUT2D eigenvalue weighted by Crippen LogP contribution is 2.50. The molecule has 0 spiro atoms. The van der Waals surface area contributed by atoms with Gasteiger partial charge in [0.05, 0.1) is 17.9 Å².